The Labute approximate surface area is 135 Å². The van der Waals surface area contributed by atoms with Crippen molar-refractivity contribution in [3.05, 3.63) is 28.2 Å². The minimum Gasteiger partial charge on any atom is -0.342 e. The second-order valence-corrected chi connectivity index (χ2v) is 6.12. The van der Waals surface area contributed by atoms with E-state index < -0.39 is 0 Å². The van der Waals surface area contributed by atoms with Crippen LogP contribution in [0.15, 0.2) is 18.2 Å². The fourth-order valence-electron chi connectivity index (χ4n) is 1.86. The Bertz CT molecular complexity index is 518. The first-order valence-electron chi connectivity index (χ1n) is 6.80. The average Bonchev–Trinajstić information content (AvgIpc) is 2.37. The van der Waals surface area contributed by atoms with E-state index in [1.165, 1.54) is 6.92 Å². The maximum atomic E-state index is 11.9. The Balaban J connectivity index is 2.54. The van der Waals surface area contributed by atoms with E-state index in [4.69, 9.17) is 23.2 Å². The minimum absolute atomic E-state index is 0.0268. The summed E-state index contributed by atoms with van der Waals surface area (Å²) < 4.78 is 0. The third-order valence-corrected chi connectivity index (χ3v) is 3.39. The molecule has 0 fully saturated rings. The van der Waals surface area contributed by atoms with Crippen LogP contribution in [0, 0.1) is 5.92 Å². The van der Waals surface area contributed by atoms with Crippen LogP contribution in [0.5, 0.6) is 0 Å². The molecule has 6 heteroatoms. The largest absolute Gasteiger partial charge is 0.342 e. The molecule has 0 aliphatic rings. The maximum Gasteiger partial charge on any atom is 0.226 e. The fraction of sp³-hybridized carbons (Fsp3) is 0.467. The van der Waals surface area contributed by atoms with E-state index in [2.05, 4.69) is 5.32 Å². The zero-order chi connectivity index (χ0) is 16.0. The van der Waals surface area contributed by atoms with Crippen LogP contribution in [0.4, 0.5) is 5.69 Å². The lowest BCUT2D eigenvalue weighted by atomic mass is 10.2. The van der Waals surface area contributed by atoms with Gasteiger partial charge in [0.25, 0.3) is 0 Å². The van der Waals surface area contributed by atoms with Crippen LogP contribution in [-0.2, 0) is 9.59 Å². The Hall–Kier alpha value is -1.26. The van der Waals surface area contributed by atoms with E-state index in [-0.39, 0.29) is 18.2 Å². The molecule has 0 aromatic heterocycles. The molecule has 21 heavy (non-hydrogen) atoms. The van der Waals surface area contributed by atoms with E-state index in [0.29, 0.717) is 34.7 Å². The van der Waals surface area contributed by atoms with Gasteiger partial charge in [0.15, 0.2) is 0 Å². The van der Waals surface area contributed by atoms with Gasteiger partial charge in [-0.3, -0.25) is 9.59 Å². The van der Waals surface area contributed by atoms with Crippen molar-refractivity contribution in [2.45, 2.75) is 27.2 Å². The predicted octanol–water partition coefficient (Wildman–Crippen LogP) is 3.83. The van der Waals surface area contributed by atoms with Gasteiger partial charge in [-0.05, 0) is 24.1 Å². The first kappa shape index (κ1) is 17.8. The fourth-order valence-corrected chi connectivity index (χ4v) is 2.31. The molecule has 1 rings (SSSR count). The van der Waals surface area contributed by atoms with Gasteiger partial charge < -0.3 is 10.2 Å². The summed E-state index contributed by atoms with van der Waals surface area (Å²) in [4.78, 5) is 25.1. The van der Waals surface area contributed by atoms with E-state index >= 15 is 0 Å². The number of hydrogen-bond acceptors (Lipinski definition) is 2. The van der Waals surface area contributed by atoms with Gasteiger partial charge in [-0.1, -0.05) is 37.0 Å². The summed E-state index contributed by atoms with van der Waals surface area (Å²) in [5, 5.41) is 3.62. The average molecular weight is 331 g/mol. The highest BCUT2D eigenvalue weighted by molar-refractivity contribution is 6.36. The number of nitrogens with zero attached hydrogens (tertiary/aromatic N) is 1. The van der Waals surface area contributed by atoms with Gasteiger partial charge in [0, 0.05) is 31.5 Å². The lowest BCUT2D eigenvalue weighted by Crippen LogP contribution is -2.34. The summed E-state index contributed by atoms with van der Waals surface area (Å²) in [6.07, 6.45) is 0.227. The molecule has 0 radical (unpaired) electrons. The molecule has 1 aromatic rings. The topological polar surface area (TPSA) is 49.4 Å². The first-order chi connectivity index (χ1) is 9.79. The van der Waals surface area contributed by atoms with Crippen molar-refractivity contribution in [2.75, 3.05) is 18.4 Å². The molecule has 4 nitrogen and oxygen atoms in total. The highest BCUT2D eigenvalue weighted by Crippen LogP contribution is 2.25. The van der Waals surface area contributed by atoms with Crippen molar-refractivity contribution in [1.82, 2.24) is 4.90 Å². The number of carbonyl (C=O) groups is 2. The highest BCUT2D eigenvalue weighted by atomic mass is 35.5. The zero-order valence-corrected chi connectivity index (χ0v) is 14.0. The lowest BCUT2D eigenvalue weighted by Gasteiger charge is -2.22. The molecule has 2 amide bonds. The number of nitrogens with one attached hydrogen (secondary N) is 1. The molecule has 0 spiro atoms. The van der Waals surface area contributed by atoms with Crippen LogP contribution in [0.25, 0.3) is 0 Å². The number of amides is 2. The molecule has 116 valence electrons. The monoisotopic (exact) mass is 330 g/mol. The summed E-state index contributed by atoms with van der Waals surface area (Å²) in [5.74, 6) is 0.151. The number of halogens is 2. The molecular formula is C15H20Cl2N2O2. The van der Waals surface area contributed by atoms with E-state index in [9.17, 15) is 9.59 Å². The third kappa shape index (κ3) is 6.36. The Morgan fingerprint density at radius 1 is 1.29 bits per heavy atom. The van der Waals surface area contributed by atoms with Crippen molar-refractivity contribution in [2.24, 2.45) is 5.92 Å². The second kappa shape index (κ2) is 8.25. The minimum atomic E-state index is -0.186. The van der Waals surface area contributed by atoms with Crippen molar-refractivity contribution in [3.63, 3.8) is 0 Å². The quantitative estimate of drug-likeness (QED) is 0.861. The summed E-state index contributed by atoms with van der Waals surface area (Å²) in [6, 6.07) is 4.88. The summed E-state index contributed by atoms with van der Waals surface area (Å²) in [7, 11) is 0. The van der Waals surface area contributed by atoms with E-state index in [1.807, 2.05) is 13.8 Å². The predicted molar refractivity (Wildman–Crippen MR) is 86.8 cm³/mol. The van der Waals surface area contributed by atoms with Gasteiger partial charge in [0.1, 0.15) is 0 Å². The Morgan fingerprint density at radius 2 is 1.95 bits per heavy atom. The SMILES string of the molecule is CC(=O)N(CCC(=O)Nc1ccc(Cl)cc1Cl)CC(C)C. The molecule has 0 saturated carbocycles. The highest BCUT2D eigenvalue weighted by Gasteiger charge is 2.13. The van der Waals surface area contributed by atoms with Crippen LogP contribution in [0.3, 0.4) is 0 Å². The molecule has 0 unspecified atom stereocenters. The van der Waals surface area contributed by atoms with E-state index in [0.717, 1.165) is 0 Å². The molecule has 1 aromatic carbocycles. The van der Waals surface area contributed by atoms with Crippen LogP contribution in [-0.4, -0.2) is 29.8 Å². The molecule has 0 atom stereocenters. The molecule has 1 N–H and O–H groups in total. The molecular weight excluding hydrogens is 311 g/mol. The van der Waals surface area contributed by atoms with Gasteiger partial charge in [-0.15, -0.1) is 0 Å². The first-order valence-corrected chi connectivity index (χ1v) is 7.55. The van der Waals surface area contributed by atoms with E-state index in [1.54, 1.807) is 23.1 Å². The third-order valence-electron chi connectivity index (χ3n) is 2.84. The Morgan fingerprint density at radius 3 is 2.48 bits per heavy atom. The number of rotatable bonds is 6. The van der Waals surface area contributed by atoms with Crippen molar-refractivity contribution in [1.29, 1.82) is 0 Å². The molecule has 0 aliphatic carbocycles. The van der Waals surface area contributed by atoms with Gasteiger partial charge in [-0.2, -0.15) is 0 Å². The lowest BCUT2D eigenvalue weighted by molar-refractivity contribution is -0.129. The summed E-state index contributed by atoms with van der Waals surface area (Å²) in [6.45, 7) is 6.61. The number of carbonyl (C=O) groups excluding carboxylic acids is 2. The van der Waals surface area contributed by atoms with Gasteiger partial charge in [-0.25, -0.2) is 0 Å². The normalized spacial score (nSPS) is 10.6. The summed E-state index contributed by atoms with van der Waals surface area (Å²) in [5.41, 5.74) is 0.518. The Kier molecular flexibility index (Phi) is 6.99. The van der Waals surface area contributed by atoms with Crippen LogP contribution < -0.4 is 5.32 Å². The number of anilines is 1. The van der Waals surface area contributed by atoms with Gasteiger partial charge >= 0.3 is 0 Å². The van der Waals surface area contributed by atoms with Crippen molar-refractivity contribution < 1.29 is 9.59 Å². The standard InChI is InChI=1S/C15H20Cl2N2O2/c1-10(2)9-19(11(3)20)7-6-15(21)18-14-5-4-12(16)8-13(14)17/h4-5,8,10H,6-7,9H2,1-3H3,(H,18,21). The van der Waals surface area contributed by atoms with Crippen molar-refractivity contribution in [3.8, 4) is 0 Å². The molecule has 0 heterocycles. The second-order valence-electron chi connectivity index (χ2n) is 5.28. The van der Waals surface area contributed by atoms with Crippen LogP contribution in [0.2, 0.25) is 10.0 Å². The van der Waals surface area contributed by atoms with Crippen molar-refractivity contribution >= 4 is 40.7 Å². The van der Waals surface area contributed by atoms with Crippen LogP contribution in [0.1, 0.15) is 27.2 Å². The number of hydrogen-bond donors (Lipinski definition) is 1. The molecule has 0 bridgehead atoms. The molecule has 0 aliphatic heterocycles. The smallest absolute Gasteiger partial charge is 0.226 e. The summed E-state index contributed by atoms with van der Waals surface area (Å²) >= 11 is 11.8. The molecule has 0 saturated heterocycles. The van der Waals surface area contributed by atoms with Gasteiger partial charge in [0.05, 0.1) is 10.7 Å². The van der Waals surface area contributed by atoms with Crippen LogP contribution >= 0.6 is 23.2 Å². The van der Waals surface area contributed by atoms with Gasteiger partial charge in [0.2, 0.25) is 11.8 Å². The zero-order valence-electron chi connectivity index (χ0n) is 12.5. The number of benzene rings is 1. The maximum absolute atomic E-state index is 11.9.